The largest absolute Gasteiger partial charge is 0.283 e. The highest BCUT2D eigenvalue weighted by Crippen LogP contribution is 2.39. The monoisotopic (exact) mass is 511 g/mol. The van der Waals surface area contributed by atoms with Crippen molar-refractivity contribution in [1.82, 2.24) is 14.4 Å². The van der Waals surface area contributed by atoms with Gasteiger partial charge in [0.25, 0.3) is 5.56 Å². The topological polar surface area (TPSA) is 47.3 Å². The lowest BCUT2D eigenvalue weighted by Crippen LogP contribution is -2.14. The van der Waals surface area contributed by atoms with Gasteiger partial charge >= 0.3 is 0 Å². The minimum atomic E-state index is -0.127. The first kappa shape index (κ1) is 21.6. The van der Waals surface area contributed by atoms with E-state index in [1.807, 2.05) is 16.5 Å². The summed E-state index contributed by atoms with van der Waals surface area (Å²) in [5.41, 5.74) is 6.43. The minimum absolute atomic E-state index is 0.0947. The number of hydrogen-bond donors (Lipinski definition) is 0. The fraction of sp³-hybridized carbons (Fsp3) is 0.0278. The molecule has 4 heteroatoms. The molecule has 0 bridgehead atoms. The molecule has 3 heterocycles. The summed E-state index contributed by atoms with van der Waals surface area (Å²) >= 11 is 0. The number of benzene rings is 5. The Balaban J connectivity index is 1.28. The highest BCUT2D eigenvalue weighted by molar-refractivity contribution is 6.19. The van der Waals surface area contributed by atoms with Crippen LogP contribution in [0.3, 0.4) is 0 Å². The molecule has 0 atom stereocenters. The van der Waals surface area contributed by atoms with Crippen LogP contribution in [0.1, 0.15) is 22.6 Å². The van der Waals surface area contributed by atoms with Crippen molar-refractivity contribution in [1.29, 1.82) is 0 Å². The summed E-state index contributed by atoms with van der Waals surface area (Å²) in [4.78, 5) is 22.5. The zero-order valence-corrected chi connectivity index (χ0v) is 21.4. The van der Waals surface area contributed by atoms with Crippen molar-refractivity contribution in [3.63, 3.8) is 0 Å². The van der Waals surface area contributed by atoms with E-state index in [1.165, 1.54) is 38.2 Å². The van der Waals surface area contributed by atoms with E-state index in [4.69, 9.17) is 0 Å². The molecule has 0 saturated carbocycles. The Morgan fingerprint density at radius 1 is 0.575 bits per heavy atom. The van der Waals surface area contributed by atoms with Crippen molar-refractivity contribution in [3.8, 4) is 0 Å². The van der Waals surface area contributed by atoms with Gasteiger partial charge in [-0.25, -0.2) is 4.98 Å². The maximum Gasteiger partial charge on any atom is 0.283 e. The molecule has 1 aliphatic rings. The molecule has 0 N–H and O–H groups in total. The van der Waals surface area contributed by atoms with Crippen molar-refractivity contribution >= 4 is 71.9 Å². The number of allylic oxidation sites excluding steroid dienone is 2. The third kappa shape index (κ3) is 2.77. The zero-order chi connectivity index (χ0) is 26.4. The summed E-state index contributed by atoms with van der Waals surface area (Å²) in [5.74, 6) is 0.0947. The van der Waals surface area contributed by atoms with Crippen molar-refractivity contribution in [2.75, 3.05) is 0 Å². The van der Waals surface area contributed by atoms with E-state index < -0.39 is 0 Å². The van der Waals surface area contributed by atoms with Crippen LogP contribution in [-0.2, 0) is 0 Å². The molecule has 0 aliphatic heterocycles. The molecule has 9 rings (SSSR count). The average Bonchev–Trinajstić information content (AvgIpc) is 3.18. The SMILES string of the molecule is O=c1c2nccnc2c2cccc3c4cc(C5C=Cc6c(c7ccccc7c7ccccc67)C=C5)ccc4n1c32. The fourth-order valence-electron chi connectivity index (χ4n) is 6.73. The normalized spacial score (nSPS) is 13.8. The highest BCUT2D eigenvalue weighted by atomic mass is 16.1. The zero-order valence-electron chi connectivity index (χ0n) is 21.4. The van der Waals surface area contributed by atoms with Gasteiger partial charge in [0.05, 0.1) is 11.0 Å². The molecule has 0 spiro atoms. The molecular formula is C36H21N3O. The number of hydrogen-bond acceptors (Lipinski definition) is 3. The first-order chi connectivity index (χ1) is 19.8. The molecular weight excluding hydrogens is 490 g/mol. The third-order valence-corrected chi connectivity index (χ3v) is 8.51. The van der Waals surface area contributed by atoms with Gasteiger partial charge in [-0.3, -0.25) is 14.2 Å². The van der Waals surface area contributed by atoms with Crippen LogP contribution >= 0.6 is 0 Å². The highest BCUT2D eigenvalue weighted by Gasteiger charge is 2.20. The van der Waals surface area contributed by atoms with Gasteiger partial charge < -0.3 is 0 Å². The van der Waals surface area contributed by atoms with Gasteiger partial charge in [-0.2, -0.15) is 0 Å². The maximum absolute atomic E-state index is 13.6. The Bertz CT molecular complexity index is 2390. The lowest BCUT2D eigenvalue weighted by Gasteiger charge is -2.12. The molecule has 1 aliphatic carbocycles. The van der Waals surface area contributed by atoms with Gasteiger partial charge in [0.15, 0.2) is 5.52 Å². The molecule has 5 aromatic carbocycles. The number of nitrogens with zero attached hydrogens (tertiary/aromatic N) is 3. The van der Waals surface area contributed by atoms with Gasteiger partial charge in [0, 0.05) is 34.5 Å². The summed E-state index contributed by atoms with van der Waals surface area (Å²) in [6.07, 6.45) is 12.4. The lowest BCUT2D eigenvalue weighted by molar-refractivity contribution is 1.10. The average molecular weight is 512 g/mol. The Kier molecular flexibility index (Phi) is 4.23. The van der Waals surface area contributed by atoms with E-state index in [0.29, 0.717) is 11.0 Å². The molecule has 40 heavy (non-hydrogen) atoms. The molecule has 186 valence electrons. The summed E-state index contributed by atoms with van der Waals surface area (Å²) in [7, 11) is 0. The first-order valence-corrected chi connectivity index (χ1v) is 13.5. The summed E-state index contributed by atoms with van der Waals surface area (Å²) in [6.45, 7) is 0. The van der Waals surface area contributed by atoms with Crippen molar-refractivity contribution in [2.45, 2.75) is 5.92 Å². The summed E-state index contributed by atoms with van der Waals surface area (Å²) in [6, 6.07) is 30.0. The Morgan fingerprint density at radius 2 is 1.18 bits per heavy atom. The van der Waals surface area contributed by atoms with Gasteiger partial charge in [-0.15, -0.1) is 0 Å². The molecule has 0 fully saturated rings. The number of pyridine rings is 1. The van der Waals surface area contributed by atoms with Gasteiger partial charge in [0.2, 0.25) is 0 Å². The quantitative estimate of drug-likeness (QED) is 0.209. The number of aromatic nitrogens is 3. The van der Waals surface area contributed by atoms with E-state index in [2.05, 4.69) is 107 Å². The number of para-hydroxylation sites is 1. The van der Waals surface area contributed by atoms with Crippen LogP contribution in [0.2, 0.25) is 0 Å². The van der Waals surface area contributed by atoms with Crippen LogP contribution in [0.25, 0.3) is 71.9 Å². The van der Waals surface area contributed by atoms with Gasteiger partial charge in [-0.1, -0.05) is 97.1 Å². The van der Waals surface area contributed by atoms with Crippen LogP contribution in [0, 0.1) is 0 Å². The maximum atomic E-state index is 13.6. The van der Waals surface area contributed by atoms with E-state index in [0.717, 1.165) is 27.2 Å². The smallest absolute Gasteiger partial charge is 0.274 e. The second-order valence-corrected chi connectivity index (χ2v) is 10.5. The van der Waals surface area contributed by atoms with E-state index in [9.17, 15) is 4.79 Å². The van der Waals surface area contributed by atoms with Crippen LogP contribution in [0.15, 0.2) is 114 Å². The van der Waals surface area contributed by atoms with Crippen LogP contribution < -0.4 is 5.56 Å². The van der Waals surface area contributed by atoms with Gasteiger partial charge in [0.1, 0.15) is 5.52 Å². The molecule has 3 aromatic heterocycles. The Hall–Kier alpha value is -5.35. The first-order valence-electron chi connectivity index (χ1n) is 13.5. The van der Waals surface area contributed by atoms with Crippen molar-refractivity contribution in [2.24, 2.45) is 0 Å². The molecule has 0 radical (unpaired) electrons. The predicted octanol–water partition coefficient (Wildman–Crippen LogP) is 8.12. The Morgan fingerprint density at radius 3 is 1.88 bits per heavy atom. The molecule has 0 amide bonds. The second kappa shape index (κ2) is 7.84. The number of fused-ring (bicyclic) bond motifs is 11. The summed E-state index contributed by atoms with van der Waals surface area (Å²) < 4.78 is 1.81. The van der Waals surface area contributed by atoms with Crippen molar-refractivity contribution < 1.29 is 0 Å². The van der Waals surface area contributed by atoms with E-state index in [-0.39, 0.29) is 11.5 Å². The Labute approximate surface area is 228 Å². The third-order valence-electron chi connectivity index (χ3n) is 8.51. The lowest BCUT2D eigenvalue weighted by atomic mass is 9.92. The molecule has 0 saturated heterocycles. The van der Waals surface area contributed by atoms with Crippen LogP contribution in [0.4, 0.5) is 0 Å². The van der Waals surface area contributed by atoms with Gasteiger partial charge in [-0.05, 0) is 50.4 Å². The van der Waals surface area contributed by atoms with E-state index in [1.54, 1.807) is 12.4 Å². The van der Waals surface area contributed by atoms with Crippen molar-refractivity contribution in [3.05, 3.63) is 137 Å². The molecule has 4 nitrogen and oxygen atoms in total. The van der Waals surface area contributed by atoms with Crippen LogP contribution in [-0.4, -0.2) is 14.4 Å². The standard InChI is InChI=1S/C36H21N3O/c40-36-34-33(37-18-19-38-34)30-11-5-10-29-31-20-22(14-17-32(31)39(36)35(29)30)21-12-15-27-25-8-3-1-6-23(25)24-7-2-4-9-26(24)28(27)16-13-21/h1-21H. The second-order valence-electron chi connectivity index (χ2n) is 10.5. The predicted molar refractivity (Wildman–Crippen MR) is 165 cm³/mol. The summed E-state index contributed by atoms with van der Waals surface area (Å²) in [5, 5.41) is 8.15. The number of rotatable bonds is 1. The minimum Gasteiger partial charge on any atom is -0.274 e. The van der Waals surface area contributed by atoms with E-state index >= 15 is 0 Å². The van der Waals surface area contributed by atoms with Crippen LogP contribution in [0.5, 0.6) is 0 Å². The molecule has 0 unspecified atom stereocenters. The fourth-order valence-corrected chi connectivity index (χ4v) is 6.73. The molecule has 8 aromatic rings.